The first-order chi connectivity index (χ1) is 13.0. The van der Waals surface area contributed by atoms with Crippen molar-refractivity contribution in [2.75, 3.05) is 20.6 Å². The Morgan fingerprint density at radius 1 is 1.22 bits per heavy atom. The topological polar surface area (TPSA) is 45.5 Å². The summed E-state index contributed by atoms with van der Waals surface area (Å²) in [6, 6.07) is 12.3. The van der Waals surface area contributed by atoms with Crippen LogP contribution < -0.4 is 5.32 Å². The molecule has 0 radical (unpaired) electrons. The smallest absolute Gasteiger partial charge is 0.220 e. The van der Waals surface area contributed by atoms with Crippen molar-refractivity contribution in [2.45, 2.75) is 18.9 Å². The van der Waals surface area contributed by atoms with E-state index in [0.29, 0.717) is 36.5 Å². The third-order valence-electron chi connectivity index (χ3n) is 4.44. The first-order valence-electron chi connectivity index (χ1n) is 8.83. The fourth-order valence-corrected chi connectivity index (χ4v) is 3.62. The summed E-state index contributed by atoms with van der Waals surface area (Å²) in [5.74, 6) is 0.805. The Morgan fingerprint density at radius 2 is 2.04 bits per heavy atom. The summed E-state index contributed by atoms with van der Waals surface area (Å²) in [6.45, 7) is 0.557. The van der Waals surface area contributed by atoms with Gasteiger partial charge in [-0.15, -0.1) is 0 Å². The van der Waals surface area contributed by atoms with Crippen LogP contribution >= 0.6 is 11.3 Å². The van der Waals surface area contributed by atoms with Crippen LogP contribution in [0.3, 0.4) is 0 Å². The van der Waals surface area contributed by atoms with Gasteiger partial charge in [0, 0.05) is 19.4 Å². The number of amides is 1. The summed E-state index contributed by atoms with van der Waals surface area (Å²) >= 11 is 1.65. The van der Waals surface area contributed by atoms with Crippen LogP contribution in [0.5, 0.6) is 0 Å². The largest absolute Gasteiger partial charge is 0.461 e. The van der Waals surface area contributed by atoms with E-state index in [1.54, 1.807) is 41.7 Å². The summed E-state index contributed by atoms with van der Waals surface area (Å²) < 4.78 is 19.5. The molecule has 3 aromatic rings. The van der Waals surface area contributed by atoms with Crippen molar-refractivity contribution in [1.82, 2.24) is 10.2 Å². The van der Waals surface area contributed by atoms with Crippen LogP contribution in [0.15, 0.2) is 57.6 Å². The number of likely N-dealkylation sites (N-methyl/N-ethyl adjacent to an activating group) is 1. The van der Waals surface area contributed by atoms with Crippen LogP contribution in [-0.4, -0.2) is 31.4 Å². The van der Waals surface area contributed by atoms with Crippen molar-refractivity contribution < 1.29 is 13.6 Å². The van der Waals surface area contributed by atoms with Gasteiger partial charge in [0.1, 0.15) is 17.3 Å². The van der Waals surface area contributed by atoms with Crippen LogP contribution in [0.4, 0.5) is 4.39 Å². The fraction of sp³-hybridized carbons (Fsp3) is 0.286. The number of benzene rings is 1. The highest BCUT2D eigenvalue weighted by Gasteiger charge is 2.16. The van der Waals surface area contributed by atoms with Crippen LogP contribution in [-0.2, 0) is 11.2 Å². The van der Waals surface area contributed by atoms with Crippen molar-refractivity contribution in [2.24, 2.45) is 0 Å². The molecule has 3 rings (SSSR count). The standard InChI is InChI=1S/C21H23FN2O2S/c1-24(2)19(15-11-12-27-14-15)13-23-21(25)10-8-16-7-9-20(26-16)17-5-3-4-6-18(17)22/h3-7,9,11-12,14,19H,8,10,13H2,1-2H3,(H,23,25). The van der Waals surface area contributed by atoms with Crippen LogP contribution in [0.25, 0.3) is 11.3 Å². The molecule has 1 aromatic carbocycles. The van der Waals surface area contributed by atoms with Gasteiger partial charge in [-0.25, -0.2) is 4.39 Å². The molecule has 0 spiro atoms. The lowest BCUT2D eigenvalue weighted by atomic mass is 10.1. The number of hydrogen-bond donors (Lipinski definition) is 1. The molecule has 1 N–H and O–H groups in total. The minimum absolute atomic E-state index is 0.0269. The average molecular weight is 386 g/mol. The number of nitrogens with zero attached hydrogens (tertiary/aromatic N) is 1. The summed E-state index contributed by atoms with van der Waals surface area (Å²) in [7, 11) is 4.00. The highest BCUT2D eigenvalue weighted by Crippen LogP contribution is 2.25. The number of halogens is 1. The number of thiophene rings is 1. The van der Waals surface area contributed by atoms with E-state index in [1.807, 2.05) is 19.5 Å². The molecule has 142 valence electrons. The zero-order valence-corrected chi connectivity index (χ0v) is 16.3. The lowest BCUT2D eigenvalue weighted by Gasteiger charge is -2.24. The van der Waals surface area contributed by atoms with Crippen molar-refractivity contribution >= 4 is 17.2 Å². The van der Waals surface area contributed by atoms with Gasteiger partial charge in [0.15, 0.2) is 0 Å². The Morgan fingerprint density at radius 3 is 2.74 bits per heavy atom. The molecule has 0 saturated carbocycles. The van der Waals surface area contributed by atoms with Crippen LogP contribution in [0.1, 0.15) is 23.8 Å². The van der Waals surface area contributed by atoms with Crippen molar-refractivity contribution in [3.05, 3.63) is 70.4 Å². The Labute approximate surface area is 162 Å². The van der Waals surface area contributed by atoms with E-state index in [0.717, 1.165) is 0 Å². The summed E-state index contributed by atoms with van der Waals surface area (Å²) in [4.78, 5) is 14.3. The maximum absolute atomic E-state index is 13.8. The van der Waals surface area contributed by atoms with Gasteiger partial charge < -0.3 is 14.6 Å². The van der Waals surface area contributed by atoms with Gasteiger partial charge in [0.05, 0.1) is 11.6 Å². The van der Waals surface area contributed by atoms with Gasteiger partial charge in [-0.3, -0.25) is 4.79 Å². The normalized spacial score (nSPS) is 12.3. The van der Waals surface area contributed by atoms with Gasteiger partial charge >= 0.3 is 0 Å². The third-order valence-corrected chi connectivity index (χ3v) is 5.14. The number of nitrogens with one attached hydrogen (secondary N) is 1. The van der Waals surface area contributed by atoms with Crippen molar-refractivity contribution in [3.63, 3.8) is 0 Å². The van der Waals surface area contributed by atoms with Crippen LogP contribution in [0, 0.1) is 5.82 Å². The van der Waals surface area contributed by atoms with Crippen LogP contribution in [0.2, 0.25) is 0 Å². The van der Waals surface area contributed by atoms with E-state index in [4.69, 9.17) is 4.42 Å². The van der Waals surface area contributed by atoms with Gasteiger partial charge in [-0.05, 0) is 60.8 Å². The summed E-state index contributed by atoms with van der Waals surface area (Å²) in [5, 5.41) is 7.13. The van der Waals surface area contributed by atoms with Gasteiger partial charge in [-0.1, -0.05) is 12.1 Å². The average Bonchev–Trinajstić information content (AvgIpc) is 3.32. The first kappa shape index (κ1) is 19.3. The number of furan rings is 1. The van der Waals surface area contributed by atoms with Crippen molar-refractivity contribution in [1.29, 1.82) is 0 Å². The molecule has 27 heavy (non-hydrogen) atoms. The second-order valence-electron chi connectivity index (χ2n) is 6.59. The molecule has 0 aliphatic rings. The highest BCUT2D eigenvalue weighted by atomic mass is 32.1. The Bertz CT molecular complexity index is 874. The predicted molar refractivity (Wildman–Crippen MR) is 106 cm³/mol. The van der Waals surface area contributed by atoms with Gasteiger partial charge in [-0.2, -0.15) is 11.3 Å². The Hall–Kier alpha value is -2.44. The molecule has 0 bridgehead atoms. The molecule has 2 heterocycles. The minimum Gasteiger partial charge on any atom is -0.461 e. The highest BCUT2D eigenvalue weighted by molar-refractivity contribution is 7.07. The van der Waals surface area contributed by atoms with E-state index >= 15 is 0 Å². The molecule has 1 unspecified atom stereocenters. The molecule has 0 fully saturated rings. The fourth-order valence-electron chi connectivity index (χ4n) is 2.92. The van der Waals surface area contributed by atoms with E-state index in [-0.39, 0.29) is 17.8 Å². The second-order valence-corrected chi connectivity index (χ2v) is 7.37. The summed E-state index contributed by atoms with van der Waals surface area (Å²) in [5.41, 5.74) is 1.63. The molecule has 0 aliphatic carbocycles. The maximum atomic E-state index is 13.8. The lowest BCUT2D eigenvalue weighted by molar-refractivity contribution is -0.121. The molecular formula is C21H23FN2O2S. The molecule has 6 heteroatoms. The quantitative estimate of drug-likeness (QED) is 0.620. The predicted octanol–water partition coefficient (Wildman–Crippen LogP) is 4.50. The maximum Gasteiger partial charge on any atom is 0.220 e. The molecule has 1 atom stereocenters. The second kappa shape index (κ2) is 8.97. The number of rotatable bonds is 8. The molecule has 0 aliphatic heterocycles. The first-order valence-corrected chi connectivity index (χ1v) is 9.77. The van der Waals surface area contributed by atoms with E-state index in [1.165, 1.54) is 11.6 Å². The number of aryl methyl sites for hydroxylation is 1. The molecule has 4 nitrogen and oxygen atoms in total. The number of hydrogen-bond acceptors (Lipinski definition) is 4. The zero-order chi connectivity index (χ0) is 19.2. The minimum atomic E-state index is -0.320. The lowest BCUT2D eigenvalue weighted by Crippen LogP contribution is -2.34. The third kappa shape index (κ3) is 5.05. The molecule has 0 saturated heterocycles. The van der Waals surface area contributed by atoms with Crippen molar-refractivity contribution in [3.8, 4) is 11.3 Å². The van der Waals surface area contributed by atoms with E-state index < -0.39 is 0 Å². The zero-order valence-electron chi connectivity index (χ0n) is 15.4. The molecule has 1 amide bonds. The summed E-state index contributed by atoms with van der Waals surface area (Å²) in [6.07, 6.45) is 0.805. The van der Waals surface area contributed by atoms with Gasteiger partial charge in [0.25, 0.3) is 0 Å². The number of carbonyl (C=O) groups is 1. The monoisotopic (exact) mass is 386 g/mol. The SMILES string of the molecule is CN(C)C(CNC(=O)CCc1ccc(-c2ccccc2F)o1)c1ccsc1. The molecular weight excluding hydrogens is 363 g/mol. The Kier molecular flexibility index (Phi) is 6.42. The van der Waals surface area contributed by atoms with Gasteiger partial charge in [0.2, 0.25) is 5.91 Å². The van der Waals surface area contributed by atoms with E-state index in [2.05, 4.69) is 21.7 Å². The van der Waals surface area contributed by atoms with E-state index in [9.17, 15) is 9.18 Å². The molecule has 2 aromatic heterocycles. The Balaban J connectivity index is 1.52. The number of carbonyl (C=O) groups excluding carboxylic acids is 1.